The molecule has 0 aliphatic carbocycles. The average Bonchev–Trinajstić information content (AvgIpc) is 2.42. The lowest BCUT2D eigenvalue weighted by Gasteiger charge is -2.08. The van der Waals surface area contributed by atoms with Gasteiger partial charge in [-0.1, -0.05) is 0 Å². The van der Waals surface area contributed by atoms with Gasteiger partial charge in [-0.05, 0) is 34.1 Å². The number of nitrogens with zero attached hydrogens (tertiary/aromatic N) is 3. The lowest BCUT2D eigenvalue weighted by molar-refractivity contribution is 0.379. The highest BCUT2D eigenvalue weighted by Gasteiger charge is 2.07. The minimum Gasteiger partial charge on any atom is -0.467 e. The number of aromatic nitrogens is 3. The topological polar surface area (TPSA) is 72.0 Å². The van der Waals surface area contributed by atoms with Crippen LogP contribution in [0.15, 0.2) is 22.7 Å². The minimum absolute atomic E-state index is 0.183. The van der Waals surface area contributed by atoms with Crippen molar-refractivity contribution in [2.75, 3.05) is 24.8 Å². The summed E-state index contributed by atoms with van der Waals surface area (Å²) in [6.45, 7) is 0. The average molecular weight is 328 g/mol. The van der Waals surface area contributed by atoms with Crippen molar-refractivity contribution in [2.45, 2.75) is 0 Å². The van der Waals surface area contributed by atoms with Crippen LogP contribution in [0.25, 0.3) is 0 Å². The van der Waals surface area contributed by atoms with E-state index in [9.17, 15) is 4.39 Å². The van der Waals surface area contributed by atoms with E-state index in [1.54, 1.807) is 19.2 Å². The maximum atomic E-state index is 13.1. The quantitative estimate of drug-likeness (QED) is 0.899. The Balaban J connectivity index is 2.29. The van der Waals surface area contributed by atoms with Gasteiger partial charge in [-0.25, -0.2) is 4.39 Å². The van der Waals surface area contributed by atoms with E-state index < -0.39 is 0 Å². The van der Waals surface area contributed by atoms with Crippen LogP contribution in [-0.4, -0.2) is 29.1 Å². The third-order valence-corrected chi connectivity index (χ3v) is 2.80. The molecule has 0 radical (unpaired) electrons. The van der Waals surface area contributed by atoms with E-state index in [-0.39, 0.29) is 11.8 Å². The van der Waals surface area contributed by atoms with Gasteiger partial charge in [0.25, 0.3) is 0 Å². The first kappa shape index (κ1) is 13.5. The Bertz CT molecular complexity index is 573. The molecule has 0 saturated heterocycles. The molecule has 6 nitrogen and oxygen atoms in total. The summed E-state index contributed by atoms with van der Waals surface area (Å²) in [6, 6.07) is 4.69. The molecule has 100 valence electrons. The molecule has 1 aromatic heterocycles. The van der Waals surface area contributed by atoms with Crippen LogP contribution in [0.2, 0.25) is 0 Å². The number of nitrogens with one attached hydrogen (secondary N) is 2. The minimum atomic E-state index is -0.338. The maximum Gasteiger partial charge on any atom is 0.322 e. The molecule has 0 spiro atoms. The molecule has 8 heteroatoms. The van der Waals surface area contributed by atoms with Gasteiger partial charge in [0, 0.05) is 12.7 Å². The highest BCUT2D eigenvalue weighted by Crippen LogP contribution is 2.22. The van der Waals surface area contributed by atoms with Crippen molar-refractivity contribution in [1.82, 2.24) is 15.0 Å². The lowest BCUT2D eigenvalue weighted by atomic mass is 10.3. The molecule has 0 atom stereocenters. The molecule has 0 bridgehead atoms. The predicted octanol–water partition coefficient (Wildman–Crippen LogP) is 2.57. The fourth-order valence-electron chi connectivity index (χ4n) is 1.32. The summed E-state index contributed by atoms with van der Waals surface area (Å²) in [5.74, 6) is 0.333. The molecular formula is C11H11BrFN5O. The van der Waals surface area contributed by atoms with Crippen molar-refractivity contribution in [3.63, 3.8) is 0 Å². The summed E-state index contributed by atoms with van der Waals surface area (Å²) in [6.07, 6.45) is 0. The van der Waals surface area contributed by atoms with Crippen LogP contribution in [0.1, 0.15) is 0 Å². The molecule has 0 aliphatic heterocycles. The van der Waals surface area contributed by atoms with Crippen LogP contribution in [0, 0.1) is 5.82 Å². The van der Waals surface area contributed by atoms with Crippen LogP contribution in [-0.2, 0) is 0 Å². The molecule has 2 N–H and O–H groups in total. The van der Waals surface area contributed by atoms with Crippen LogP contribution >= 0.6 is 15.9 Å². The van der Waals surface area contributed by atoms with Crippen LogP contribution in [0.3, 0.4) is 0 Å². The fourth-order valence-corrected chi connectivity index (χ4v) is 1.70. The molecule has 0 aliphatic rings. The molecule has 2 rings (SSSR count). The molecule has 1 aromatic carbocycles. The van der Waals surface area contributed by atoms with Gasteiger partial charge in [0.2, 0.25) is 11.9 Å². The van der Waals surface area contributed by atoms with Gasteiger partial charge in [-0.2, -0.15) is 15.0 Å². The Labute approximate surface area is 117 Å². The Morgan fingerprint density at radius 1 is 1.21 bits per heavy atom. The zero-order chi connectivity index (χ0) is 13.8. The fraction of sp³-hybridized carbons (Fsp3) is 0.182. The second-order valence-electron chi connectivity index (χ2n) is 3.47. The summed E-state index contributed by atoms with van der Waals surface area (Å²) >= 11 is 3.11. The number of benzene rings is 1. The zero-order valence-corrected chi connectivity index (χ0v) is 11.8. The van der Waals surface area contributed by atoms with Crippen LogP contribution in [0.4, 0.5) is 22.0 Å². The summed E-state index contributed by atoms with van der Waals surface area (Å²) in [5, 5.41) is 5.74. The van der Waals surface area contributed by atoms with Crippen molar-refractivity contribution in [3.05, 3.63) is 28.5 Å². The predicted molar refractivity (Wildman–Crippen MR) is 73.3 cm³/mol. The second kappa shape index (κ2) is 5.79. The monoisotopic (exact) mass is 327 g/mol. The molecule has 2 aromatic rings. The van der Waals surface area contributed by atoms with Crippen molar-refractivity contribution < 1.29 is 9.13 Å². The number of anilines is 3. The Kier molecular flexibility index (Phi) is 4.10. The van der Waals surface area contributed by atoms with Crippen molar-refractivity contribution in [2.24, 2.45) is 0 Å². The van der Waals surface area contributed by atoms with Gasteiger partial charge in [0.1, 0.15) is 5.82 Å². The van der Waals surface area contributed by atoms with Crippen molar-refractivity contribution >= 4 is 33.5 Å². The third kappa shape index (κ3) is 3.28. The number of halogens is 2. The molecule has 0 unspecified atom stereocenters. The van der Waals surface area contributed by atoms with Gasteiger partial charge < -0.3 is 15.4 Å². The van der Waals surface area contributed by atoms with E-state index >= 15 is 0 Å². The summed E-state index contributed by atoms with van der Waals surface area (Å²) < 4.78 is 18.4. The maximum absolute atomic E-state index is 13.1. The van der Waals surface area contributed by atoms with Gasteiger partial charge >= 0.3 is 6.01 Å². The van der Waals surface area contributed by atoms with E-state index in [0.717, 1.165) is 0 Å². The van der Waals surface area contributed by atoms with Crippen LogP contribution < -0.4 is 15.4 Å². The Morgan fingerprint density at radius 2 is 1.95 bits per heavy atom. The number of hydrogen-bond donors (Lipinski definition) is 2. The van der Waals surface area contributed by atoms with Gasteiger partial charge in [-0.15, -0.1) is 0 Å². The summed E-state index contributed by atoms with van der Waals surface area (Å²) in [4.78, 5) is 12.1. The Morgan fingerprint density at radius 3 is 2.58 bits per heavy atom. The molecule has 0 fully saturated rings. The summed E-state index contributed by atoms with van der Waals surface area (Å²) in [7, 11) is 3.15. The highest BCUT2D eigenvalue weighted by atomic mass is 79.9. The lowest BCUT2D eigenvalue weighted by Crippen LogP contribution is -2.05. The molecule has 19 heavy (non-hydrogen) atoms. The largest absolute Gasteiger partial charge is 0.467 e. The normalized spacial score (nSPS) is 10.1. The standard InChI is InChI=1S/C11H11BrFN5O/c1-14-9-16-10(18-11(17-9)19-2)15-6-3-4-8(13)7(12)5-6/h3-5H,1-2H3,(H2,14,15,16,17,18). The molecule has 1 heterocycles. The molecular weight excluding hydrogens is 317 g/mol. The first-order valence-electron chi connectivity index (χ1n) is 5.32. The van der Waals surface area contributed by atoms with Crippen molar-refractivity contribution in [1.29, 1.82) is 0 Å². The van der Waals surface area contributed by atoms with E-state index in [1.165, 1.54) is 13.2 Å². The van der Waals surface area contributed by atoms with Gasteiger partial charge in [0.15, 0.2) is 0 Å². The van der Waals surface area contributed by atoms with E-state index in [4.69, 9.17) is 4.74 Å². The van der Waals surface area contributed by atoms with E-state index in [1.807, 2.05) is 0 Å². The first-order chi connectivity index (χ1) is 9.12. The Hall–Kier alpha value is -1.96. The van der Waals surface area contributed by atoms with Crippen LogP contribution in [0.5, 0.6) is 6.01 Å². The number of ether oxygens (including phenoxy) is 1. The molecule has 0 amide bonds. The number of rotatable bonds is 4. The number of methoxy groups -OCH3 is 1. The van der Waals surface area contributed by atoms with E-state index in [2.05, 4.69) is 41.5 Å². The van der Waals surface area contributed by atoms with Crippen molar-refractivity contribution in [3.8, 4) is 6.01 Å². The summed E-state index contributed by atoms with van der Waals surface area (Å²) in [5.41, 5.74) is 0.642. The highest BCUT2D eigenvalue weighted by molar-refractivity contribution is 9.10. The second-order valence-corrected chi connectivity index (χ2v) is 4.33. The number of hydrogen-bond acceptors (Lipinski definition) is 6. The first-order valence-corrected chi connectivity index (χ1v) is 6.11. The smallest absolute Gasteiger partial charge is 0.322 e. The third-order valence-electron chi connectivity index (χ3n) is 2.20. The van der Waals surface area contributed by atoms with Gasteiger partial charge in [-0.3, -0.25) is 0 Å². The van der Waals surface area contributed by atoms with E-state index in [0.29, 0.717) is 22.1 Å². The zero-order valence-electron chi connectivity index (χ0n) is 10.2. The van der Waals surface area contributed by atoms with Gasteiger partial charge in [0.05, 0.1) is 11.6 Å². The SMILES string of the molecule is CNc1nc(Nc2ccc(F)c(Br)c2)nc(OC)n1. The molecule has 0 saturated carbocycles.